The fourth-order valence-corrected chi connectivity index (χ4v) is 3.39. The lowest BCUT2D eigenvalue weighted by Crippen LogP contribution is -2.61. The predicted octanol–water partition coefficient (Wildman–Crippen LogP) is 4.40. The average Bonchev–Trinajstić information content (AvgIpc) is 2.83. The molecule has 188 valence electrons. The number of oxime groups is 1. The van der Waals surface area contributed by atoms with Crippen molar-refractivity contribution in [3.8, 4) is 11.8 Å². The maximum absolute atomic E-state index is 12.7. The van der Waals surface area contributed by atoms with Gasteiger partial charge >= 0.3 is 6.18 Å². The van der Waals surface area contributed by atoms with Gasteiger partial charge in [-0.25, -0.2) is 0 Å². The van der Waals surface area contributed by atoms with Gasteiger partial charge in [0, 0.05) is 25.3 Å². The lowest BCUT2D eigenvalue weighted by molar-refractivity contribution is -0.414. The standard InChI is InChI=1S/C25H27F3N2O5/c1-5-33-30-22(31-3)17(2)34-24(23(30)32-4)35-29-16-20-10-8-18(9-11-20)6-7-19-12-14-21(15-13-19)25(26,27)28/h8-17,22-24H,5H2,1-4H3/b29-16+/t17-,22-,23-,24-/m0/s1. The zero-order chi connectivity index (χ0) is 25.4. The SMILES string of the molecule is CCON1[C@@H](OC)[C@H](O/N=C/c2ccc(C#Cc3ccc(C(F)(F)F)cc3)cc2)O[C@@H](C)[C@@H]1OC. The Bertz CT molecular complexity index is 1030. The Hall–Kier alpha value is -2.94. The highest BCUT2D eigenvalue weighted by Gasteiger charge is 2.45. The molecule has 0 unspecified atom stereocenters. The third-order valence-electron chi connectivity index (χ3n) is 5.09. The first-order valence-corrected chi connectivity index (χ1v) is 10.9. The highest BCUT2D eigenvalue weighted by molar-refractivity contribution is 5.79. The van der Waals surface area contributed by atoms with Crippen LogP contribution in [0.1, 0.15) is 36.1 Å². The maximum Gasteiger partial charge on any atom is 0.416 e. The molecule has 0 amide bonds. The van der Waals surface area contributed by atoms with Crippen LogP contribution in [0.4, 0.5) is 13.2 Å². The van der Waals surface area contributed by atoms with Crippen molar-refractivity contribution in [3.63, 3.8) is 0 Å². The van der Waals surface area contributed by atoms with Crippen molar-refractivity contribution in [2.45, 2.75) is 44.9 Å². The monoisotopic (exact) mass is 492 g/mol. The minimum absolute atomic E-state index is 0.360. The van der Waals surface area contributed by atoms with Gasteiger partial charge in [0.25, 0.3) is 6.29 Å². The highest BCUT2D eigenvalue weighted by Crippen LogP contribution is 2.29. The molecule has 0 spiro atoms. The molecule has 10 heteroatoms. The van der Waals surface area contributed by atoms with Gasteiger partial charge in [0.2, 0.25) is 0 Å². The largest absolute Gasteiger partial charge is 0.416 e. The van der Waals surface area contributed by atoms with Gasteiger partial charge in [-0.1, -0.05) is 29.1 Å². The second kappa shape index (κ2) is 12.2. The van der Waals surface area contributed by atoms with E-state index in [9.17, 15) is 13.2 Å². The second-order valence-electron chi connectivity index (χ2n) is 7.53. The maximum atomic E-state index is 12.7. The normalized spacial score (nSPS) is 23.2. The summed E-state index contributed by atoms with van der Waals surface area (Å²) >= 11 is 0. The number of hydroxylamine groups is 2. The molecule has 1 fully saturated rings. The van der Waals surface area contributed by atoms with Crippen LogP contribution in [0.2, 0.25) is 0 Å². The van der Waals surface area contributed by atoms with Crippen LogP contribution in [0.5, 0.6) is 0 Å². The summed E-state index contributed by atoms with van der Waals surface area (Å²) in [4.78, 5) is 11.2. The molecular weight excluding hydrogens is 465 g/mol. The summed E-state index contributed by atoms with van der Waals surface area (Å²) in [6.07, 6.45) is -5.23. The van der Waals surface area contributed by atoms with Gasteiger partial charge in [-0.15, -0.1) is 5.06 Å². The van der Waals surface area contributed by atoms with Crippen LogP contribution in [0.3, 0.4) is 0 Å². The first kappa shape index (κ1) is 26.7. The zero-order valence-corrected chi connectivity index (χ0v) is 19.8. The lowest BCUT2D eigenvalue weighted by Gasteiger charge is -2.44. The number of ether oxygens (including phenoxy) is 3. The summed E-state index contributed by atoms with van der Waals surface area (Å²) in [7, 11) is 3.06. The van der Waals surface area contributed by atoms with Crippen molar-refractivity contribution in [3.05, 3.63) is 70.8 Å². The molecule has 1 saturated heterocycles. The fraction of sp³-hybridized carbons (Fsp3) is 0.400. The molecule has 2 aromatic rings. The first-order chi connectivity index (χ1) is 16.8. The average molecular weight is 492 g/mol. The van der Waals surface area contributed by atoms with E-state index in [0.717, 1.165) is 17.7 Å². The number of alkyl halides is 3. The Kier molecular flexibility index (Phi) is 9.26. The third-order valence-corrected chi connectivity index (χ3v) is 5.09. The smallest absolute Gasteiger partial charge is 0.361 e. The van der Waals surface area contributed by atoms with E-state index in [1.165, 1.54) is 25.5 Å². The number of halogens is 3. The van der Waals surface area contributed by atoms with E-state index >= 15 is 0 Å². The fourth-order valence-electron chi connectivity index (χ4n) is 3.39. The van der Waals surface area contributed by atoms with Gasteiger partial charge in [-0.2, -0.15) is 13.2 Å². The van der Waals surface area contributed by atoms with E-state index in [2.05, 4.69) is 17.0 Å². The van der Waals surface area contributed by atoms with E-state index in [1.807, 2.05) is 13.8 Å². The number of rotatable bonds is 7. The summed E-state index contributed by atoms with van der Waals surface area (Å²) in [5.74, 6) is 5.77. The molecule has 0 radical (unpaired) electrons. The number of benzene rings is 2. The minimum atomic E-state index is -4.37. The summed E-state index contributed by atoms with van der Waals surface area (Å²) in [6, 6.07) is 11.8. The minimum Gasteiger partial charge on any atom is -0.361 e. The summed E-state index contributed by atoms with van der Waals surface area (Å²) < 4.78 is 54.7. The third kappa shape index (κ3) is 7.04. The van der Waals surface area contributed by atoms with Crippen molar-refractivity contribution in [2.75, 3.05) is 20.8 Å². The Labute approximate surface area is 202 Å². The van der Waals surface area contributed by atoms with E-state index in [-0.39, 0.29) is 6.10 Å². The molecule has 4 atom stereocenters. The number of hydrogen-bond acceptors (Lipinski definition) is 7. The van der Waals surface area contributed by atoms with Crippen molar-refractivity contribution in [1.29, 1.82) is 0 Å². The van der Waals surface area contributed by atoms with E-state index in [4.69, 9.17) is 23.9 Å². The number of hydrogen-bond donors (Lipinski definition) is 0. The van der Waals surface area contributed by atoms with E-state index < -0.39 is 30.5 Å². The van der Waals surface area contributed by atoms with Gasteiger partial charge in [0.1, 0.15) is 6.10 Å². The van der Waals surface area contributed by atoms with Crippen LogP contribution in [0.25, 0.3) is 0 Å². The number of methoxy groups -OCH3 is 2. The van der Waals surface area contributed by atoms with Gasteiger partial charge in [0.05, 0.1) is 18.4 Å². The van der Waals surface area contributed by atoms with E-state index in [1.54, 1.807) is 36.4 Å². The number of nitrogens with zero attached hydrogens (tertiary/aromatic N) is 2. The van der Waals surface area contributed by atoms with Gasteiger partial charge < -0.3 is 19.0 Å². The molecule has 3 rings (SSSR count). The van der Waals surface area contributed by atoms with Crippen molar-refractivity contribution >= 4 is 6.21 Å². The predicted molar refractivity (Wildman–Crippen MR) is 122 cm³/mol. The van der Waals surface area contributed by atoms with Crippen molar-refractivity contribution in [1.82, 2.24) is 5.06 Å². The van der Waals surface area contributed by atoms with Crippen LogP contribution in [0, 0.1) is 11.8 Å². The molecule has 2 aromatic carbocycles. The topological polar surface area (TPSA) is 61.8 Å². The molecule has 35 heavy (non-hydrogen) atoms. The zero-order valence-electron chi connectivity index (χ0n) is 19.8. The molecule has 0 aromatic heterocycles. The Morgan fingerprint density at radius 2 is 1.54 bits per heavy atom. The Balaban J connectivity index is 1.61. The molecule has 7 nitrogen and oxygen atoms in total. The molecule has 1 aliphatic rings. The molecule has 0 N–H and O–H groups in total. The number of morpholine rings is 1. The first-order valence-electron chi connectivity index (χ1n) is 10.9. The Morgan fingerprint density at radius 1 is 0.971 bits per heavy atom. The van der Waals surface area contributed by atoms with Crippen LogP contribution in [-0.4, -0.2) is 57.0 Å². The summed E-state index contributed by atoms with van der Waals surface area (Å²) in [6.45, 7) is 4.10. The van der Waals surface area contributed by atoms with Crippen LogP contribution in [-0.2, 0) is 30.1 Å². The van der Waals surface area contributed by atoms with Gasteiger partial charge in [0.15, 0.2) is 12.5 Å². The van der Waals surface area contributed by atoms with Crippen LogP contribution in [0.15, 0.2) is 53.7 Å². The Morgan fingerprint density at radius 3 is 2.06 bits per heavy atom. The van der Waals surface area contributed by atoms with Crippen LogP contribution < -0.4 is 0 Å². The molecular formula is C25H27F3N2O5. The molecule has 1 aliphatic heterocycles. The molecule has 1 heterocycles. The molecule has 0 aliphatic carbocycles. The van der Waals surface area contributed by atoms with Crippen molar-refractivity contribution < 1.29 is 37.1 Å². The van der Waals surface area contributed by atoms with Gasteiger partial charge in [-0.3, -0.25) is 4.84 Å². The van der Waals surface area contributed by atoms with E-state index in [0.29, 0.717) is 17.7 Å². The lowest BCUT2D eigenvalue weighted by atomic mass is 10.1. The summed E-state index contributed by atoms with van der Waals surface area (Å²) in [5.41, 5.74) is 1.23. The van der Waals surface area contributed by atoms with Crippen LogP contribution >= 0.6 is 0 Å². The summed E-state index contributed by atoms with van der Waals surface area (Å²) in [5, 5.41) is 5.57. The van der Waals surface area contributed by atoms with Gasteiger partial charge in [-0.05, 0) is 55.8 Å². The highest BCUT2D eigenvalue weighted by atomic mass is 19.4. The molecule has 0 saturated carbocycles. The van der Waals surface area contributed by atoms with Crippen molar-refractivity contribution in [2.24, 2.45) is 5.16 Å². The molecule has 0 bridgehead atoms. The second-order valence-corrected chi connectivity index (χ2v) is 7.53. The quantitative estimate of drug-likeness (QED) is 0.325.